The van der Waals surface area contributed by atoms with E-state index in [9.17, 15) is 13.6 Å². The number of benzene rings is 2. The average molecular weight is 261 g/mol. The first kappa shape index (κ1) is 13.2. The summed E-state index contributed by atoms with van der Waals surface area (Å²) in [4.78, 5) is 13.4. The monoisotopic (exact) mass is 261 g/mol. The number of ketones is 1. The normalized spacial score (nSPS) is 10.3. The zero-order chi connectivity index (χ0) is 13.8. The zero-order valence-corrected chi connectivity index (χ0v) is 10.4. The number of Topliss-reactive ketones (excluding diaryl/α,β-unsaturated/α-hetero) is 1. The van der Waals surface area contributed by atoms with Crippen molar-refractivity contribution in [2.45, 2.75) is 0 Å². The first-order valence-electron chi connectivity index (χ1n) is 5.82. The van der Waals surface area contributed by atoms with Crippen LogP contribution in [-0.2, 0) is 0 Å². The molecule has 2 nitrogen and oxygen atoms in total. The highest BCUT2D eigenvalue weighted by molar-refractivity contribution is 5.99. The number of hydrogen-bond donors (Lipinski definition) is 0. The molecule has 0 saturated carbocycles. The van der Waals surface area contributed by atoms with Gasteiger partial charge in [0, 0.05) is 18.7 Å². The largest absolute Gasteiger partial charge is 0.365 e. The molecule has 0 amide bonds. The Morgan fingerprint density at radius 2 is 1.79 bits per heavy atom. The van der Waals surface area contributed by atoms with Gasteiger partial charge in [-0.05, 0) is 12.1 Å². The fourth-order valence-corrected chi connectivity index (χ4v) is 1.81. The second-order valence-electron chi connectivity index (χ2n) is 4.24. The molecule has 0 atom stereocenters. The van der Waals surface area contributed by atoms with Crippen LogP contribution in [0.5, 0.6) is 0 Å². The van der Waals surface area contributed by atoms with E-state index >= 15 is 0 Å². The summed E-state index contributed by atoms with van der Waals surface area (Å²) < 4.78 is 26.4. The van der Waals surface area contributed by atoms with Crippen molar-refractivity contribution in [3.8, 4) is 0 Å². The number of carbonyl (C=O) groups is 1. The molecule has 0 heterocycles. The molecule has 0 radical (unpaired) electrons. The number of hydrogen-bond acceptors (Lipinski definition) is 2. The van der Waals surface area contributed by atoms with Crippen LogP contribution in [0.1, 0.15) is 10.4 Å². The summed E-state index contributed by atoms with van der Waals surface area (Å²) in [5, 5.41) is 0. The lowest BCUT2D eigenvalue weighted by molar-refractivity contribution is 0.100. The van der Waals surface area contributed by atoms with E-state index in [-0.39, 0.29) is 18.0 Å². The lowest BCUT2D eigenvalue weighted by Crippen LogP contribution is -2.26. The van der Waals surface area contributed by atoms with Crippen molar-refractivity contribution in [1.29, 1.82) is 0 Å². The van der Waals surface area contributed by atoms with Crippen molar-refractivity contribution in [1.82, 2.24) is 0 Å². The van der Waals surface area contributed by atoms with Crippen LogP contribution in [0, 0.1) is 11.6 Å². The molecule has 19 heavy (non-hydrogen) atoms. The SMILES string of the molecule is CN(CC(=O)c1ccccc1)c1ccc(F)cc1F. The van der Waals surface area contributed by atoms with E-state index in [1.807, 2.05) is 6.07 Å². The number of likely N-dealkylation sites (N-methyl/N-ethyl adjacent to an activating group) is 1. The quantitative estimate of drug-likeness (QED) is 0.787. The van der Waals surface area contributed by atoms with Crippen molar-refractivity contribution in [2.24, 2.45) is 0 Å². The van der Waals surface area contributed by atoms with Crippen LogP contribution in [0.4, 0.5) is 14.5 Å². The predicted molar refractivity (Wildman–Crippen MR) is 70.4 cm³/mol. The first-order chi connectivity index (χ1) is 9.08. The van der Waals surface area contributed by atoms with E-state index in [1.54, 1.807) is 31.3 Å². The summed E-state index contributed by atoms with van der Waals surface area (Å²) in [5.74, 6) is -1.43. The van der Waals surface area contributed by atoms with Gasteiger partial charge in [0.05, 0.1) is 12.2 Å². The molecule has 4 heteroatoms. The van der Waals surface area contributed by atoms with E-state index < -0.39 is 11.6 Å². The van der Waals surface area contributed by atoms with Crippen LogP contribution in [0.2, 0.25) is 0 Å². The minimum atomic E-state index is -0.677. The summed E-state index contributed by atoms with van der Waals surface area (Å²) >= 11 is 0. The van der Waals surface area contributed by atoms with Gasteiger partial charge in [0.1, 0.15) is 11.6 Å². The second kappa shape index (κ2) is 5.61. The molecule has 0 aromatic heterocycles. The fraction of sp³-hybridized carbons (Fsp3) is 0.133. The zero-order valence-electron chi connectivity index (χ0n) is 10.4. The summed E-state index contributed by atoms with van der Waals surface area (Å²) in [6.07, 6.45) is 0. The minimum Gasteiger partial charge on any atom is -0.365 e. The van der Waals surface area contributed by atoms with Crippen LogP contribution >= 0.6 is 0 Å². The summed E-state index contributed by atoms with van der Waals surface area (Å²) in [7, 11) is 1.59. The molecule has 0 bridgehead atoms. The number of halogens is 2. The van der Waals surface area contributed by atoms with E-state index in [0.29, 0.717) is 5.56 Å². The molecule has 0 fully saturated rings. The number of nitrogens with zero attached hydrogens (tertiary/aromatic N) is 1. The van der Waals surface area contributed by atoms with Crippen molar-refractivity contribution < 1.29 is 13.6 Å². The number of anilines is 1. The van der Waals surface area contributed by atoms with Crippen LogP contribution in [0.15, 0.2) is 48.5 Å². The molecular weight excluding hydrogens is 248 g/mol. The predicted octanol–water partition coefficient (Wildman–Crippen LogP) is 3.28. The lowest BCUT2D eigenvalue weighted by Gasteiger charge is -2.19. The molecule has 0 aliphatic carbocycles. The Labute approximate surface area is 110 Å². The standard InChI is InChI=1S/C15H13F2NO/c1-18(14-8-7-12(16)9-13(14)17)10-15(19)11-5-3-2-4-6-11/h2-9H,10H2,1H3. The number of carbonyl (C=O) groups excluding carboxylic acids is 1. The molecule has 2 aromatic rings. The van der Waals surface area contributed by atoms with Crippen LogP contribution in [-0.4, -0.2) is 19.4 Å². The van der Waals surface area contributed by atoms with Crippen molar-refractivity contribution in [3.63, 3.8) is 0 Å². The smallest absolute Gasteiger partial charge is 0.182 e. The van der Waals surface area contributed by atoms with Gasteiger partial charge in [-0.25, -0.2) is 8.78 Å². The van der Waals surface area contributed by atoms with Gasteiger partial charge in [-0.2, -0.15) is 0 Å². The van der Waals surface area contributed by atoms with Gasteiger partial charge in [0.25, 0.3) is 0 Å². The van der Waals surface area contributed by atoms with Crippen LogP contribution in [0.25, 0.3) is 0 Å². The molecule has 2 rings (SSSR count). The summed E-state index contributed by atoms with van der Waals surface area (Å²) in [6.45, 7) is 0.0343. The van der Waals surface area contributed by atoms with Gasteiger partial charge in [0.15, 0.2) is 5.78 Å². The van der Waals surface area contributed by atoms with Crippen molar-refractivity contribution in [2.75, 3.05) is 18.5 Å². The van der Waals surface area contributed by atoms with E-state index in [2.05, 4.69) is 0 Å². The van der Waals surface area contributed by atoms with Gasteiger partial charge in [0.2, 0.25) is 0 Å². The van der Waals surface area contributed by atoms with E-state index in [0.717, 1.165) is 6.07 Å². The molecule has 0 aliphatic rings. The maximum atomic E-state index is 13.6. The maximum Gasteiger partial charge on any atom is 0.182 e. The maximum absolute atomic E-state index is 13.6. The Kier molecular flexibility index (Phi) is 3.90. The van der Waals surface area contributed by atoms with E-state index in [1.165, 1.54) is 17.0 Å². The topological polar surface area (TPSA) is 20.3 Å². The summed E-state index contributed by atoms with van der Waals surface area (Å²) in [6, 6.07) is 12.1. The highest BCUT2D eigenvalue weighted by Gasteiger charge is 2.13. The Morgan fingerprint density at radius 3 is 2.42 bits per heavy atom. The molecule has 98 valence electrons. The van der Waals surface area contributed by atoms with Gasteiger partial charge in [-0.1, -0.05) is 30.3 Å². The van der Waals surface area contributed by atoms with E-state index in [4.69, 9.17) is 0 Å². The fourth-order valence-electron chi connectivity index (χ4n) is 1.81. The van der Waals surface area contributed by atoms with Crippen molar-refractivity contribution in [3.05, 3.63) is 65.7 Å². The third kappa shape index (κ3) is 3.16. The molecule has 0 aliphatic heterocycles. The molecule has 0 spiro atoms. The number of rotatable bonds is 4. The molecule has 2 aromatic carbocycles. The highest BCUT2D eigenvalue weighted by atomic mass is 19.1. The Hall–Kier alpha value is -2.23. The molecule has 0 saturated heterocycles. The van der Waals surface area contributed by atoms with Crippen LogP contribution < -0.4 is 4.90 Å². The van der Waals surface area contributed by atoms with Gasteiger partial charge < -0.3 is 4.90 Å². The summed E-state index contributed by atoms with van der Waals surface area (Å²) in [5.41, 5.74) is 0.766. The first-order valence-corrected chi connectivity index (χ1v) is 5.82. The molecule has 0 unspecified atom stereocenters. The minimum absolute atomic E-state index is 0.0343. The average Bonchev–Trinajstić information content (AvgIpc) is 2.39. The third-order valence-corrected chi connectivity index (χ3v) is 2.80. The highest BCUT2D eigenvalue weighted by Crippen LogP contribution is 2.19. The molecule has 0 N–H and O–H groups in total. The van der Waals surface area contributed by atoms with Crippen LogP contribution in [0.3, 0.4) is 0 Å². The third-order valence-electron chi connectivity index (χ3n) is 2.80. The van der Waals surface area contributed by atoms with Gasteiger partial charge >= 0.3 is 0 Å². The van der Waals surface area contributed by atoms with Crippen molar-refractivity contribution >= 4 is 11.5 Å². The Balaban J connectivity index is 2.13. The lowest BCUT2D eigenvalue weighted by atomic mass is 10.1. The Bertz CT molecular complexity index is 584. The molecular formula is C15H13F2NO. The Morgan fingerprint density at radius 1 is 1.11 bits per heavy atom. The van der Waals surface area contributed by atoms with Gasteiger partial charge in [-0.3, -0.25) is 4.79 Å². The van der Waals surface area contributed by atoms with Gasteiger partial charge in [-0.15, -0.1) is 0 Å². The second-order valence-corrected chi connectivity index (χ2v) is 4.24.